The summed E-state index contributed by atoms with van der Waals surface area (Å²) in [6, 6.07) is 0.375. The molecule has 1 heterocycles. The minimum Gasteiger partial charge on any atom is -0.377 e. The van der Waals surface area contributed by atoms with Crippen LogP contribution in [-0.4, -0.2) is 18.8 Å². The zero-order valence-corrected chi connectivity index (χ0v) is 6.63. The zero-order chi connectivity index (χ0) is 7.35. The van der Waals surface area contributed by atoms with Crippen molar-refractivity contribution in [1.82, 2.24) is 0 Å². The minimum absolute atomic E-state index is 0.237. The van der Waals surface area contributed by atoms with E-state index in [0.717, 1.165) is 6.61 Å². The molecule has 0 aromatic carbocycles. The Bertz CT molecular complexity index is 155. The molecule has 1 saturated carbocycles. The van der Waals surface area contributed by atoms with Gasteiger partial charge in [0.15, 0.2) is 0 Å². The number of rotatable bonds is 0. The summed E-state index contributed by atoms with van der Waals surface area (Å²) in [5, 5.41) is 0. The summed E-state index contributed by atoms with van der Waals surface area (Å²) in [6.07, 6.45) is 1.64. The Morgan fingerprint density at radius 3 is 2.80 bits per heavy atom. The molecule has 2 rings (SSSR count). The van der Waals surface area contributed by atoms with Gasteiger partial charge in [-0.05, 0) is 6.42 Å². The highest BCUT2D eigenvalue weighted by Crippen LogP contribution is 2.50. The molecule has 2 N–H and O–H groups in total. The lowest BCUT2D eigenvalue weighted by Gasteiger charge is -2.52. The molecule has 10 heavy (non-hydrogen) atoms. The molecule has 58 valence electrons. The Kier molecular flexibility index (Phi) is 1.15. The standard InChI is InChI=1S/C8H15NO/c1-8(2)6(9)5-3-4-10-7(5)8/h5-7H,3-4,9H2,1-2H3/t5-,6+,7-/m0/s1. The lowest BCUT2D eigenvalue weighted by Crippen LogP contribution is -2.64. The van der Waals surface area contributed by atoms with Crippen molar-refractivity contribution in [3.05, 3.63) is 0 Å². The van der Waals surface area contributed by atoms with E-state index in [0.29, 0.717) is 18.1 Å². The number of hydrogen-bond acceptors (Lipinski definition) is 2. The highest BCUT2D eigenvalue weighted by Gasteiger charge is 2.57. The molecule has 2 nitrogen and oxygen atoms in total. The second kappa shape index (κ2) is 1.74. The molecule has 2 fully saturated rings. The van der Waals surface area contributed by atoms with Crippen molar-refractivity contribution >= 4 is 0 Å². The summed E-state index contributed by atoms with van der Waals surface area (Å²) in [7, 11) is 0. The number of nitrogens with two attached hydrogens (primary N) is 1. The fraction of sp³-hybridized carbons (Fsp3) is 1.00. The van der Waals surface area contributed by atoms with Crippen LogP contribution in [0.5, 0.6) is 0 Å². The van der Waals surface area contributed by atoms with E-state index in [4.69, 9.17) is 10.5 Å². The van der Waals surface area contributed by atoms with Crippen LogP contribution in [0.15, 0.2) is 0 Å². The first-order valence-corrected chi connectivity index (χ1v) is 4.01. The van der Waals surface area contributed by atoms with Gasteiger partial charge in [0, 0.05) is 24.0 Å². The van der Waals surface area contributed by atoms with Gasteiger partial charge in [0.2, 0.25) is 0 Å². The molecule has 0 bridgehead atoms. The van der Waals surface area contributed by atoms with Crippen LogP contribution in [-0.2, 0) is 4.74 Å². The Hall–Kier alpha value is -0.0800. The minimum atomic E-state index is 0.237. The summed E-state index contributed by atoms with van der Waals surface area (Å²) in [5.41, 5.74) is 6.20. The van der Waals surface area contributed by atoms with Crippen LogP contribution in [0.25, 0.3) is 0 Å². The van der Waals surface area contributed by atoms with E-state index in [1.54, 1.807) is 0 Å². The zero-order valence-electron chi connectivity index (χ0n) is 6.63. The van der Waals surface area contributed by atoms with Crippen LogP contribution in [0.1, 0.15) is 20.3 Å². The average Bonchev–Trinajstić information content (AvgIpc) is 2.31. The van der Waals surface area contributed by atoms with E-state index in [-0.39, 0.29) is 5.41 Å². The molecule has 1 aliphatic carbocycles. The predicted octanol–water partition coefficient (Wildman–Crippen LogP) is 0.759. The smallest absolute Gasteiger partial charge is 0.0684 e. The van der Waals surface area contributed by atoms with Crippen molar-refractivity contribution in [3.8, 4) is 0 Å². The second-order valence-corrected chi connectivity index (χ2v) is 4.09. The van der Waals surface area contributed by atoms with Crippen LogP contribution in [0.3, 0.4) is 0 Å². The molecule has 0 spiro atoms. The molecule has 3 atom stereocenters. The Morgan fingerprint density at radius 1 is 1.50 bits per heavy atom. The van der Waals surface area contributed by atoms with Crippen LogP contribution in [0.2, 0.25) is 0 Å². The molecule has 0 radical (unpaired) electrons. The van der Waals surface area contributed by atoms with E-state index >= 15 is 0 Å². The van der Waals surface area contributed by atoms with E-state index in [1.807, 2.05) is 0 Å². The molecule has 2 heteroatoms. The lowest BCUT2D eigenvalue weighted by atomic mass is 9.58. The van der Waals surface area contributed by atoms with Gasteiger partial charge in [-0.15, -0.1) is 0 Å². The maximum Gasteiger partial charge on any atom is 0.0684 e. The first-order valence-electron chi connectivity index (χ1n) is 4.01. The van der Waals surface area contributed by atoms with Gasteiger partial charge in [0.1, 0.15) is 0 Å². The van der Waals surface area contributed by atoms with E-state index in [9.17, 15) is 0 Å². The summed E-state index contributed by atoms with van der Waals surface area (Å²) in [4.78, 5) is 0. The Balaban J connectivity index is 2.15. The van der Waals surface area contributed by atoms with E-state index < -0.39 is 0 Å². The predicted molar refractivity (Wildman–Crippen MR) is 39.6 cm³/mol. The van der Waals surface area contributed by atoms with Crippen LogP contribution in [0.4, 0.5) is 0 Å². The first-order chi connectivity index (χ1) is 4.64. The van der Waals surface area contributed by atoms with Gasteiger partial charge >= 0.3 is 0 Å². The number of fused-ring (bicyclic) bond motifs is 1. The summed E-state index contributed by atoms with van der Waals surface area (Å²) >= 11 is 0. The van der Waals surface area contributed by atoms with Gasteiger partial charge in [-0.2, -0.15) is 0 Å². The average molecular weight is 141 g/mol. The molecule has 1 aliphatic heterocycles. The van der Waals surface area contributed by atoms with Gasteiger partial charge in [0.25, 0.3) is 0 Å². The largest absolute Gasteiger partial charge is 0.377 e. The lowest BCUT2D eigenvalue weighted by molar-refractivity contribution is -0.0994. The van der Waals surface area contributed by atoms with Gasteiger partial charge in [-0.1, -0.05) is 13.8 Å². The molecule has 0 aromatic heterocycles. The molecule has 0 aromatic rings. The Morgan fingerprint density at radius 2 is 2.20 bits per heavy atom. The third kappa shape index (κ3) is 0.565. The Labute approximate surface area is 61.7 Å². The van der Waals surface area contributed by atoms with Gasteiger partial charge in [0.05, 0.1) is 6.10 Å². The van der Waals surface area contributed by atoms with E-state index in [1.165, 1.54) is 6.42 Å². The summed E-state index contributed by atoms with van der Waals surface area (Å²) in [6.45, 7) is 5.32. The normalized spacial score (nSPS) is 50.1. The third-order valence-corrected chi connectivity index (χ3v) is 3.19. The SMILES string of the molecule is CC1(C)[C@H](N)[C@@H]2CCO[C@@H]21. The molecule has 2 aliphatic rings. The number of hydrogen-bond donors (Lipinski definition) is 1. The van der Waals surface area contributed by atoms with Crippen LogP contribution < -0.4 is 5.73 Å². The van der Waals surface area contributed by atoms with Gasteiger partial charge < -0.3 is 10.5 Å². The molecule has 0 amide bonds. The van der Waals surface area contributed by atoms with Crippen molar-refractivity contribution in [2.45, 2.75) is 32.4 Å². The fourth-order valence-corrected chi connectivity index (χ4v) is 2.36. The molecular formula is C8H15NO. The van der Waals surface area contributed by atoms with Crippen molar-refractivity contribution in [1.29, 1.82) is 0 Å². The monoisotopic (exact) mass is 141 g/mol. The maximum absolute atomic E-state index is 5.96. The number of ether oxygens (including phenoxy) is 1. The highest BCUT2D eigenvalue weighted by atomic mass is 16.5. The summed E-state index contributed by atoms with van der Waals surface area (Å²) in [5.74, 6) is 0.662. The summed E-state index contributed by atoms with van der Waals surface area (Å²) < 4.78 is 5.56. The van der Waals surface area contributed by atoms with Crippen molar-refractivity contribution in [2.24, 2.45) is 17.1 Å². The van der Waals surface area contributed by atoms with Crippen LogP contribution in [0, 0.1) is 11.3 Å². The molecular weight excluding hydrogens is 126 g/mol. The topological polar surface area (TPSA) is 35.2 Å². The van der Waals surface area contributed by atoms with Crippen LogP contribution >= 0.6 is 0 Å². The first kappa shape index (κ1) is 6.62. The fourth-order valence-electron chi connectivity index (χ4n) is 2.36. The van der Waals surface area contributed by atoms with Gasteiger partial charge in [-0.25, -0.2) is 0 Å². The highest BCUT2D eigenvalue weighted by molar-refractivity contribution is 5.09. The third-order valence-electron chi connectivity index (χ3n) is 3.19. The molecule has 1 saturated heterocycles. The molecule has 0 unspecified atom stereocenters. The van der Waals surface area contributed by atoms with Crippen molar-refractivity contribution in [2.75, 3.05) is 6.61 Å². The maximum atomic E-state index is 5.96. The van der Waals surface area contributed by atoms with Crippen molar-refractivity contribution in [3.63, 3.8) is 0 Å². The van der Waals surface area contributed by atoms with E-state index in [2.05, 4.69) is 13.8 Å². The van der Waals surface area contributed by atoms with Crippen molar-refractivity contribution < 1.29 is 4.74 Å². The second-order valence-electron chi connectivity index (χ2n) is 4.09. The quantitative estimate of drug-likeness (QED) is 0.540. The van der Waals surface area contributed by atoms with Gasteiger partial charge in [-0.3, -0.25) is 0 Å².